The molecule has 0 radical (unpaired) electrons. The quantitative estimate of drug-likeness (QED) is 0.576. The zero-order valence-corrected chi connectivity index (χ0v) is 18.1. The number of ether oxygens (including phenoxy) is 2. The molecule has 3 rings (SSSR count). The van der Waals surface area contributed by atoms with E-state index in [0.717, 1.165) is 17.7 Å². The Hall–Kier alpha value is -2.68. The van der Waals surface area contributed by atoms with Gasteiger partial charge in [-0.3, -0.25) is 14.7 Å². The molecule has 2 aromatic carbocycles. The molecule has 31 heavy (non-hydrogen) atoms. The Morgan fingerprint density at radius 1 is 1.06 bits per heavy atom. The van der Waals surface area contributed by atoms with Crippen LogP contribution in [0.25, 0.3) is 0 Å². The van der Waals surface area contributed by atoms with E-state index < -0.39 is 11.7 Å². The summed E-state index contributed by atoms with van der Waals surface area (Å²) in [6.07, 6.45) is -4.36. The zero-order valence-electron chi connectivity index (χ0n) is 17.2. The Balaban J connectivity index is 1.68. The highest BCUT2D eigenvalue weighted by Crippen LogP contribution is 2.31. The molecule has 0 fully saturated rings. The average molecular weight is 452 g/mol. The van der Waals surface area contributed by atoms with Crippen molar-refractivity contribution in [3.05, 3.63) is 59.2 Å². The van der Waals surface area contributed by atoms with Gasteiger partial charge in [-0.1, -0.05) is 23.9 Å². The van der Waals surface area contributed by atoms with Crippen molar-refractivity contribution in [2.75, 3.05) is 26.3 Å². The summed E-state index contributed by atoms with van der Waals surface area (Å²) in [5.74, 6) is 1.28. The number of alkyl halides is 3. The van der Waals surface area contributed by atoms with Gasteiger partial charge in [0, 0.05) is 17.9 Å². The molecule has 0 aromatic heterocycles. The normalized spacial score (nSPS) is 13.8. The minimum Gasteiger partial charge on any atom is -0.490 e. The van der Waals surface area contributed by atoms with Crippen LogP contribution in [0, 0.1) is 0 Å². The Kier molecular flexibility index (Phi) is 7.48. The van der Waals surface area contributed by atoms with Crippen LogP contribution >= 0.6 is 11.8 Å². The van der Waals surface area contributed by atoms with E-state index in [9.17, 15) is 18.0 Å². The Morgan fingerprint density at radius 2 is 1.74 bits per heavy atom. The van der Waals surface area contributed by atoms with E-state index in [1.165, 1.54) is 23.9 Å². The van der Waals surface area contributed by atoms with Gasteiger partial charge in [0.05, 0.1) is 25.3 Å². The van der Waals surface area contributed by atoms with Crippen molar-refractivity contribution in [3.8, 4) is 11.5 Å². The van der Waals surface area contributed by atoms with Crippen molar-refractivity contribution >= 4 is 22.8 Å². The van der Waals surface area contributed by atoms with Crippen LogP contribution in [-0.4, -0.2) is 42.3 Å². The number of amidine groups is 1. The predicted molar refractivity (Wildman–Crippen MR) is 115 cm³/mol. The molecule has 1 aliphatic rings. The third-order valence-electron chi connectivity index (χ3n) is 4.49. The molecule has 0 bridgehead atoms. The van der Waals surface area contributed by atoms with E-state index in [1.54, 1.807) is 23.1 Å². The van der Waals surface area contributed by atoms with Crippen LogP contribution in [0.2, 0.25) is 0 Å². The van der Waals surface area contributed by atoms with E-state index >= 15 is 0 Å². The minimum atomic E-state index is -4.36. The van der Waals surface area contributed by atoms with Crippen molar-refractivity contribution < 1.29 is 27.4 Å². The van der Waals surface area contributed by atoms with Gasteiger partial charge >= 0.3 is 6.18 Å². The average Bonchev–Trinajstić information content (AvgIpc) is 3.21. The fourth-order valence-electron chi connectivity index (χ4n) is 3.02. The molecule has 0 spiro atoms. The molecule has 5 nitrogen and oxygen atoms in total. The molecular weight excluding hydrogens is 429 g/mol. The van der Waals surface area contributed by atoms with Crippen LogP contribution in [0.3, 0.4) is 0 Å². The third-order valence-corrected chi connectivity index (χ3v) is 5.57. The van der Waals surface area contributed by atoms with Crippen molar-refractivity contribution in [3.63, 3.8) is 0 Å². The summed E-state index contributed by atoms with van der Waals surface area (Å²) in [7, 11) is 0. The van der Waals surface area contributed by atoms with Crippen LogP contribution in [-0.2, 0) is 11.9 Å². The Bertz CT molecular complexity index is 946. The highest BCUT2D eigenvalue weighted by atomic mass is 32.2. The van der Waals surface area contributed by atoms with Crippen molar-refractivity contribution in [1.29, 1.82) is 0 Å². The number of hydrogen-bond acceptors (Lipinski definition) is 5. The first-order chi connectivity index (χ1) is 14.8. The molecule has 2 aromatic rings. The summed E-state index contributed by atoms with van der Waals surface area (Å²) in [5, 5.41) is 0.553. The second-order valence-electron chi connectivity index (χ2n) is 6.63. The molecule has 9 heteroatoms. The number of amides is 1. The molecule has 1 aliphatic heterocycles. The van der Waals surface area contributed by atoms with Gasteiger partial charge in [-0.25, -0.2) is 0 Å². The lowest BCUT2D eigenvalue weighted by molar-refractivity contribution is -0.137. The van der Waals surface area contributed by atoms with E-state index in [2.05, 4.69) is 4.99 Å². The number of thioether (sulfide) groups is 1. The smallest absolute Gasteiger partial charge is 0.416 e. The maximum atomic E-state index is 13.1. The standard InChI is InChI=1S/C22H23F3N2O3S/c1-3-29-18-10-7-16(13-19(18)30-4-2)20(28)27-12-11-26-21(27)31-14-15-5-8-17(9-6-15)22(23,24)25/h5-10,13H,3-4,11-12,14H2,1-2H3. The van der Waals surface area contributed by atoms with Gasteiger partial charge in [-0.05, 0) is 49.7 Å². The van der Waals surface area contributed by atoms with Gasteiger partial charge in [0.25, 0.3) is 5.91 Å². The van der Waals surface area contributed by atoms with Gasteiger partial charge < -0.3 is 9.47 Å². The topological polar surface area (TPSA) is 51.1 Å². The molecule has 0 atom stereocenters. The van der Waals surface area contributed by atoms with Crippen LogP contribution < -0.4 is 9.47 Å². The van der Waals surface area contributed by atoms with Crippen LogP contribution in [0.1, 0.15) is 35.3 Å². The fraction of sp³-hybridized carbons (Fsp3) is 0.364. The second-order valence-corrected chi connectivity index (χ2v) is 7.57. The number of hydrogen-bond donors (Lipinski definition) is 0. The van der Waals surface area contributed by atoms with Crippen molar-refractivity contribution in [2.24, 2.45) is 4.99 Å². The number of aliphatic imine (C=N–C) groups is 1. The van der Waals surface area contributed by atoms with E-state index in [1.807, 2.05) is 13.8 Å². The molecule has 0 unspecified atom stereocenters. The molecule has 1 amide bonds. The number of nitrogens with zero attached hydrogens (tertiary/aromatic N) is 2. The zero-order chi connectivity index (χ0) is 22.4. The molecular formula is C22H23F3N2O3S. The molecule has 166 valence electrons. The first kappa shape index (κ1) is 23.0. The van der Waals surface area contributed by atoms with Crippen LogP contribution in [0.5, 0.6) is 11.5 Å². The Labute approximate surface area is 183 Å². The molecule has 0 N–H and O–H groups in total. The Morgan fingerprint density at radius 3 is 2.39 bits per heavy atom. The van der Waals surface area contributed by atoms with Gasteiger partial charge in [0.1, 0.15) is 0 Å². The number of carbonyl (C=O) groups excluding carboxylic acids is 1. The molecule has 1 heterocycles. The lowest BCUT2D eigenvalue weighted by Gasteiger charge is -2.19. The van der Waals surface area contributed by atoms with Gasteiger partial charge in [-0.15, -0.1) is 0 Å². The SMILES string of the molecule is CCOc1ccc(C(=O)N2CCN=C2SCc2ccc(C(F)(F)F)cc2)cc1OCC. The fourth-order valence-corrected chi connectivity index (χ4v) is 4.02. The predicted octanol–water partition coefficient (Wildman–Crippen LogP) is 5.25. The lowest BCUT2D eigenvalue weighted by atomic mass is 10.1. The van der Waals surface area contributed by atoms with Crippen molar-refractivity contribution in [1.82, 2.24) is 4.90 Å². The van der Waals surface area contributed by atoms with Crippen molar-refractivity contribution in [2.45, 2.75) is 25.8 Å². The largest absolute Gasteiger partial charge is 0.490 e. The second kappa shape index (κ2) is 10.1. The van der Waals surface area contributed by atoms with Gasteiger partial charge in [0.15, 0.2) is 16.7 Å². The molecule has 0 saturated heterocycles. The first-order valence-corrected chi connectivity index (χ1v) is 10.9. The summed E-state index contributed by atoms with van der Waals surface area (Å²) in [4.78, 5) is 19.0. The summed E-state index contributed by atoms with van der Waals surface area (Å²) in [6, 6.07) is 10.1. The number of benzene rings is 2. The lowest BCUT2D eigenvalue weighted by Crippen LogP contribution is -2.32. The van der Waals surface area contributed by atoms with E-state index in [4.69, 9.17) is 9.47 Å². The number of rotatable bonds is 7. The van der Waals surface area contributed by atoms with E-state index in [-0.39, 0.29) is 5.91 Å². The first-order valence-electron chi connectivity index (χ1n) is 9.88. The highest BCUT2D eigenvalue weighted by molar-refractivity contribution is 8.13. The summed E-state index contributed by atoms with van der Waals surface area (Å²) in [6.45, 7) is 5.58. The number of halogens is 3. The van der Waals surface area contributed by atoms with Gasteiger partial charge in [-0.2, -0.15) is 13.2 Å². The summed E-state index contributed by atoms with van der Waals surface area (Å²) < 4.78 is 49.3. The van der Waals surface area contributed by atoms with Crippen LogP contribution in [0.4, 0.5) is 13.2 Å². The number of carbonyl (C=O) groups is 1. The summed E-state index contributed by atoms with van der Waals surface area (Å²) in [5.41, 5.74) is 0.494. The molecule has 0 saturated carbocycles. The monoisotopic (exact) mass is 452 g/mol. The molecule has 0 aliphatic carbocycles. The minimum absolute atomic E-state index is 0.208. The van der Waals surface area contributed by atoms with E-state index in [0.29, 0.717) is 54.3 Å². The van der Waals surface area contributed by atoms with Crippen LogP contribution in [0.15, 0.2) is 47.5 Å². The maximum absolute atomic E-state index is 13.1. The van der Waals surface area contributed by atoms with Gasteiger partial charge in [0.2, 0.25) is 0 Å². The maximum Gasteiger partial charge on any atom is 0.416 e. The summed E-state index contributed by atoms with van der Waals surface area (Å²) >= 11 is 1.33. The highest BCUT2D eigenvalue weighted by Gasteiger charge is 2.30. The third kappa shape index (κ3) is 5.72.